The van der Waals surface area contributed by atoms with Gasteiger partial charge in [0.2, 0.25) is 5.82 Å². The number of rotatable bonds is 5. The predicted octanol–water partition coefficient (Wildman–Crippen LogP) is 2.45. The number of nitro groups is 1. The minimum atomic E-state index is -1.38. The van der Waals surface area contributed by atoms with Gasteiger partial charge < -0.3 is 19.1 Å². The van der Waals surface area contributed by atoms with Gasteiger partial charge in [0.25, 0.3) is 5.91 Å². The van der Waals surface area contributed by atoms with E-state index in [0.717, 1.165) is 13.2 Å². The van der Waals surface area contributed by atoms with Gasteiger partial charge in [-0.1, -0.05) is 12.1 Å². The number of halogens is 1. The summed E-state index contributed by atoms with van der Waals surface area (Å²) in [5, 5.41) is 11.2. The molecule has 10 heteroatoms. The number of carbonyl (C=O) groups is 2. The van der Waals surface area contributed by atoms with Gasteiger partial charge in [0.15, 0.2) is 12.4 Å². The molecule has 1 amide bonds. The van der Waals surface area contributed by atoms with Crippen LogP contribution in [0.5, 0.6) is 11.5 Å². The van der Waals surface area contributed by atoms with Crippen molar-refractivity contribution in [2.24, 2.45) is 0 Å². The third kappa shape index (κ3) is 3.31. The van der Waals surface area contributed by atoms with Crippen molar-refractivity contribution in [2.75, 3.05) is 25.7 Å². The Morgan fingerprint density at radius 1 is 1.32 bits per heavy atom. The number of ether oxygens (including phenoxy) is 3. The Hall–Kier alpha value is -3.69. The molecule has 3 rings (SSSR count). The first-order chi connectivity index (χ1) is 13.4. The molecule has 0 saturated heterocycles. The van der Waals surface area contributed by atoms with Crippen LogP contribution >= 0.6 is 0 Å². The maximum absolute atomic E-state index is 14.5. The summed E-state index contributed by atoms with van der Waals surface area (Å²) in [6, 6.07) is 7.67. The highest BCUT2D eigenvalue weighted by atomic mass is 19.1. The molecule has 0 N–H and O–H groups in total. The number of methoxy groups -OCH3 is 2. The van der Waals surface area contributed by atoms with Gasteiger partial charge in [0, 0.05) is 6.07 Å². The van der Waals surface area contributed by atoms with Crippen LogP contribution in [-0.2, 0) is 16.1 Å². The molecule has 0 fully saturated rings. The number of nitro benzene ring substituents is 1. The molecule has 0 aliphatic carbocycles. The minimum absolute atomic E-state index is 0.0303. The quantitative estimate of drug-likeness (QED) is 0.438. The number of hydrogen-bond acceptors (Lipinski definition) is 7. The van der Waals surface area contributed by atoms with E-state index in [9.17, 15) is 24.1 Å². The average molecular weight is 390 g/mol. The fourth-order valence-corrected chi connectivity index (χ4v) is 2.81. The van der Waals surface area contributed by atoms with Crippen LogP contribution in [0.1, 0.15) is 15.9 Å². The molecule has 2 aromatic carbocycles. The summed E-state index contributed by atoms with van der Waals surface area (Å²) < 4.78 is 29.4. The lowest BCUT2D eigenvalue weighted by atomic mass is 10.1. The first kappa shape index (κ1) is 19.1. The summed E-state index contributed by atoms with van der Waals surface area (Å²) in [5.74, 6) is -2.68. The van der Waals surface area contributed by atoms with Crippen LogP contribution in [0, 0.1) is 15.9 Å². The predicted molar refractivity (Wildman–Crippen MR) is 94.1 cm³/mol. The monoisotopic (exact) mass is 390 g/mol. The number of esters is 1. The van der Waals surface area contributed by atoms with Gasteiger partial charge in [-0.15, -0.1) is 0 Å². The Morgan fingerprint density at radius 3 is 2.57 bits per heavy atom. The number of benzene rings is 2. The number of fused-ring (bicyclic) bond motifs is 1. The zero-order chi connectivity index (χ0) is 20.4. The Kier molecular flexibility index (Phi) is 5.12. The summed E-state index contributed by atoms with van der Waals surface area (Å²) >= 11 is 0. The summed E-state index contributed by atoms with van der Waals surface area (Å²) in [6.45, 7) is -0.424. The van der Waals surface area contributed by atoms with E-state index >= 15 is 0 Å². The maximum atomic E-state index is 14.5. The summed E-state index contributed by atoms with van der Waals surface area (Å²) in [4.78, 5) is 35.9. The second-order valence-electron chi connectivity index (χ2n) is 5.80. The van der Waals surface area contributed by atoms with E-state index in [1.54, 1.807) is 24.3 Å². The Morgan fingerprint density at radius 2 is 2.00 bits per heavy atom. The van der Waals surface area contributed by atoms with E-state index in [0.29, 0.717) is 11.3 Å². The van der Waals surface area contributed by atoms with Gasteiger partial charge >= 0.3 is 11.7 Å². The van der Waals surface area contributed by atoms with Crippen LogP contribution < -0.4 is 14.4 Å². The van der Waals surface area contributed by atoms with E-state index in [1.807, 2.05) is 0 Å². The summed E-state index contributed by atoms with van der Waals surface area (Å²) in [5.41, 5.74) is -1.08. The normalized spacial score (nSPS) is 12.8. The molecular formula is C18H15FN2O7. The van der Waals surface area contributed by atoms with Crippen molar-refractivity contribution in [3.05, 3.63) is 57.4 Å². The molecule has 146 valence electrons. The van der Waals surface area contributed by atoms with Crippen LogP contribution in [0.4, 0.5) is 15.8 Å². The molecule has 2 aromatic rings. The van der Waals surface area contributed by atoms with E-state index in [4.69, 9.17) is 9.47 Å². The van der Waals surface area contributed by atoms with Crippen LogP contribution in [0.15, 0.2) is 30.3 Å². The lowest BCUT2D eigenvalue weighted by Crippen LogP contribution is -2.39. The Bertz CT molecular complexity index is 959. The summed E-state index contributed by atoms with van der Waals surface area (Å²) in [6.07, 6.45) is 0. The minimum Gasteiger partial charge on any atom is -0.497 e. The van der Waals surface area contributed by atoms with Crippen molar-refractivity contribution >= 4 is 23.3 Å². The van der Waals surface area contributed by atoms with E-state index < -0.39 is 40.5 Å². The van der Waals surface area contributed by atoms with Gasteiger partial charge in [-0.25, -0.2) is 4.79 Å². The second kappa shape index (κ2) is 7.51. The first-order valence-corrected chi connectivity index (χ1v) is 8.02. The molecule has 0 saturated carbocycles. The third-order valence-electron chi connectivity index (χ3n) is 4.20. The smallest absolute Gasteiger partial charge is 0.345 e. The molecule has 0 spiro atoms. The number of hydrogen-bond donors (Lipinski definition) is 0. The fraction of sp³-hybridized carbons (Fsp3) is 0.222. The number of carbonyl (C=O) groups excluding carboxylic acids is 2. The molecule has 0 bridgehead atoms. The lowest BCUT2D eigenvalue weighted by molar-refractivity contribution is -0.387. The number of nitrogens with zero attached hydrogens (tertiary/aromatic N) is 2. The van der Waals surface area contributed by atoms with Gasteiger partial charge in [-0.2, -0.15) is 4.39 Å². The highest BCUT2D eigenvalue weighted by Crippen LogP contribution is 2.42. The van der Waals surface area contributed by atoms with Crippen LogP contribution in [-0.4, -0.2) is 37.6 Å². The summed E-state index contributed by atoms with van der Waals surface area (Å²) in [7, 11) is 2.52. The standard InChI is InChI=1S/C18H15FN2O7/c1-26-11-5-3-10(4-6-11)8-20-13-7-12(21(24)25)16(19)15(18(23)27-2)17(13)28-9-14(20)22/h3-7H,8-9H2,1-2H3. The molecule has 0 radical (unpaired) electrons. The third-order valence-corrected chi connectivity index (χ3v) is 4.20. The van der Waals surface area contributed by atoms with Crippen molar-refractivity contribution in [1.29, 1.82) is 0 Å². The van der Waals surface area contributed by atoms with Crippen molar-refractivity contribution in [3.63, 3.8) is 0 Å². The molecule has 0 unspecified atom stereocenters. The maximum Gasteiger partial charge on any atom is 0.345 e. The van der Waals surface area contributed by atoms with E-state index in [-0.39, 0.29) is 18.0 Å². The van der Waals surface area contributed by atoms with Crippen molar-refractivity contribution in [3.8, 4) is 11.5 Å². The fourth-order valence-electron chi connectivity index (χ4n) is 2.81. The van der Waals surface area contributed by atoms with Crippen molar-refractivity contribution in [2.45, 2.75) is 6.54 Å². The molecule has 0 aromatic heterocycles. The lowest BCUT2D eigenvalue weighted by Gasteiger charge is -2.30. The zero-order valence-electron chi connectivity index (χ0n) is 14.9. The zero-order valence-corrected chi connectivity index (χ0v) is 14.9. The molecule has 1 aliphatic heterocycles. The topological polar surface area (TPSA) is 108 Å². The molecule has 28 heavy (non-hydrogen) atoms. The van der Waals surface area contributed by atoms with E-state index in [1.165, 1.54) is 12.0 Å². The molecule has 9 nitrogen and oxygen atoms in total. The van der Waals surface area contributed by atoms with Crippen LogP contribution in [0.3, 0.4) is 0 Å². The molecule has 1 heterocycles. The first-order valence-electron chi connectivity index (χ1n) is 8.02. The van der Waals surface area contributed by atoms with Crippen molar-refractivity contribution in [1.82, 2.24) is 0 Å². The average Bonchev–Trinajstić information content (AvgIpc) is 2.69. The molecule has 0 atom stereocenters. The van der Waals surface area contributed by atoms with Gasteiger partial charge in [-0.3, -0.25) is 14.9 Å². The SMILES string of the molecule is COC(=O)c1c(F)c([N+](=O)[O-])cc2c1OCC(=O)N2Cc1ccc(OC)cc1. The van der Waals surface area contributed by atoms with Gasteiger partial charge in [0.05, 0.1) is 31.4 Å². The van der Waals surface area contributed by atoms with Crippen molar-refractivity contribution < 1.29 is 33.1 Å². The van der Waals surface area contributed by atoms with E-state index in [2.05, 4.69) is 4.74 Å². The van der Waals surface area contributed by atoms with Gasteiger partial charge in [0.1, 0.15) is 11.3 Å². The Labute approximate surface area is 158 Å². The number of anilines is 1. The largest absolute Gasteiger partial charge is 0.497 e. The molecule has 1 aliphatic rings. The highest BCUT2D eigenvalue weighted by molar-refractivity contribution is 6.03. The molecular weight excluding hydrogens is 375 g/mol. The Balaban J connectivity index is 2.12. The number of amides is 1. The highest BCUT2D eigenvalue weighted by Gasteiger charge is 2.37. The van der Waals surface area contributed by atoms with Crippen LogP contribution in [0.2, 0.25) is 0 Å². The second-order valence-corrected chi connectivity index (χ2v) is 5.80. The van der Waals surface area contributed by atoms with Crippen LogP contribution in [0.25, 0.3) is 0 Å². The van der Waals surface area contributed by atoms with Gasteiger partial charge in [-0.05, 0) is 17.7 Å².